The molecule has 0 atom stereocenters. The van der Waals surface area contributed by atoms with Crippen LogP contribution in [0.4, 0.5) is 10.2 Å². The quantitative estimate of drug-likeness (QED) is 0.849. The zero-order chi connectivity index (χ0) is 11.7. The number of nitrogens with one attached hydrogen (secondary N) is 1. The molecule has 0 radical (unpaired) electrons. The lowest BCUT2D eigenvalue weighted by atomic mass is 10.1. The number of nitrogens with two attached hydrogens (primary N) is 1. The van der Waals surface area contributed by atoms with Crippen LogP contribution in [0, 0.1) is 5.82 Å². The number of aromatic nitrogens is 2. The van der Waals surface area contributed by atoms with Gasteiger partial charge >= 0.3 is 0 Å². The SMILES string of the molecule is COc1c(F)cc(-c2cn[nH]c2N)cc1Cl. The van der Waals surface area contributed by atoms with Crippen molar-refractivity contribution in [3.8, 4) is 16.9 Å². The second-order valence-electron chi connectivity index (χ2n) is 3.17. The Balaban J connectivity index is 2.57. The van der Waals surface area contributed by atoms with Gasteiger partial charge in [0, 0.05) is 5.56 Å². The van der Waals surface area contributed by atoms with Crippen LogP contribution in [0.2, 0.25) is 5.02 Å². The fraction of sp³-hybridized carbons (Fsp3) is 0.100. The normalized spacial score (nSPS) is 10.4. The lowest BCUT2D eigenvalue weighted by Gasteiger charge is -2.07. The van der Waals surface area contributed by atoms with Gasteiger partial charge in [-0.1, -0.05) is 11.6 Å². The molecule has 1 aromatic carbocycles. The number of anilines is 1. The summed E-state index contributed by atoms with van der Waals surface area (Å²) in [6.07, 6.45) is 1.51. The van der Waals surface area contributed by atoms with E-state index in [1.807, 2.05) is 0 Å². The molecule has 16 heavy (non-hydrogen) atoms. The molecule has 1 heterocycles. The van der Waals surface area contributed by atoms with Gasteiger partial charge in [-0.15, -0.1) is 0 Å². The number of hydrogen-bond acceptors (Lipinski definition) is 3. The lowest BCUT2D eigenvalue weighted by Crippen LogP contribution is -1.92. The van der Waals surface area contributed by atoms with E-state index in [-0.39, 0.29) is 10.8 Å². The highest BCUT2D eigenvalue weighted by molar-refractivity contribution is 6.32. The third kappa shape index (κ3) is 1.69. The number of ether oxygens (including phenoxy) is 1. The highest BCUT2D eigenvalue weighted by Gasteiger charge is 2.13. The van der Waals surface area contributed by atoms with E-state index in [2.05, 4.69) is 10.2 Å². The number of nitrogens with zero attached hydrogens (tertiary/aromatic N) is 1. The van der Waals surface area contributed by atoms with Crippen molar-refractivity contribution >= 4 is 17.4 Å². The topological polar surface area (TPSA) is 63.9 Å². The molecule has 0 aliphatic heterocycles. The molecule has 4 nitrogen and oxygen atoms in total. The van der Waals surface area contributed by atoms with Crippen LogP contribution in [0.3, 0.4) is 0 Å². The van der Waals surface area contributed by atoms with Gasteiger partial charge in [0.1, 0.15) is 5.82 Å². The fourth-order valence-corrected chi connectivity index (χ4v) is 1.72. The minimum absolute atomic E-state index is 0.0208. The molecule has 0 saturated heterocycles. The first-order valence-electron chi connectivity index (χ1n) is 4.45. The summed E-state index contributed by atoms with van der Waals surface area (Å²) < 4.78 is 18.4. The van der Waals surface area contributed by atoms with Gasteiger partial charge in [0.25, 0.3) is 0 Å². The second kappa shape index (κ2) is 4.02. The van der Waals surface area contributed by atoms with Gasteiger partial charge in [-0.3, -0.25) is 5.10 Å². The first-order valence-corrected chi connectivity index (χ1v) is 4.83. The molecule has 3 N–H and O–H groups in total. The van der Waals surface area contributed by atoms with Gasteiger partial charge in [-0.2, -0.15) is 5.10 Å². The van der Waals surface area contributed by atoms with Crippen molar-refractivity contribution in [3.63, 3.8) is 0 Å². The van der Waals surface area contributed by atoms with Gasteiger partial charge in [0.15, 0.2) is 11.6 Å². The number of benzene rings is 1. The van der Waals surface area contributed by atoms with Crippen molar-refractivity contribution in [2.75, 3.05) is 12.8 Å². The van der Waals surface area contributed by atoms with E-state index in [0.29, 0.717) is 16.9 Å². The highest BCUT2D eigenvalue weighted by atomic mass is 35.5. The molecular formula is C10H9ClFN3O. The molecule has 0 spiro atoms. The van der Waals surface area contributed by atoms with Crippen LogP contribution in [0.15, 0.2) is 18.3 Å². The molecule has 0 amide bonds. The summed E-state index contributed by atoms with van der Waals surface area (Å²) in [5.74, 6) is -0.154. The van der Waals surface area contributed by atoms with Crippen molar-refractivity contribution in [3.05, 3.63) is 29.2 Å². The van der Waals surface area contributed by atoms with Crippen LogP contribution in [-0.4, -0.2) is 17.3 Å². The number of rotatable bonds is 2. The Kier molecular flexibility index (Phi) is 2.70. The largest absolute Gasteiger partial charge is 0.492 e. The van der Waals surface area contributed by atoms with Crippen molar-refractivity contribution in [1.82, 2.24) is 10.2 Å². The minimum Gasteiger partial charge on any atom is -0.492 e. The fourth-order valence-electron chi connectivity index (χ4n) is 1.44. The average molecular weight is 242 g/mol. The molecule has 0 fully saturated rings. The van der Waals surface area contributed by atoms with Crippen LogP contribution in [0.25, 0.3) is 11.1 Å². The molecule has 0 bridgehead atoms. The predicted octanol–water partition coefficient (Wildman–Crippen LogP) is 2.46. The van der Waals surface area contributed by atoms with Crippen LogP contribution in [0.5, 0.6) is 5.75 Å². The van der Waals surface area contributed by atoms with Crippen molar-refractivity contribution in [2.45, 2.75) is 0 Å². The summed E-state index contributed by atoms with van der Waals surface area (Å²) in [5, 5.41) is 6.51. The van der Waals surface area contributed by atoms with E-state index in [4.69, 9.17) is 22.1 Å². The molecule has 0 aliphatic carbocycles. The summed E-state index contributed by atoms with van der Waals surface area (Å²) in [6.45, 7) is 0. The van der Waals surface area contributed by atoms with E-state index in [1.54, 1.807) is 6.07 Å². The number of H-pyrrole nitrogens is 1. The van der Waals surface area contributed by atoms with E-state index >= 15 is 0 Å². The van der Waals surface area contributed by atoms with Crippen molar-refractivity contribution < 1.29 is 9.13 Å². The van der Waals surface area contributed by atoms with Crippen molar-refractivity contribution in [2.24, 2.45) is 0 Å². The standard InChI is InChI=1S/C10H9ClFN3O/c1-16-9-7(11)2-5(3-8(9)12)6-4-14-15-10(6)13/h2-4H,1H3,(H3,13,14,15). The van der Waals surface area contributed by atoms with Gasteiger partial charge in [-0.05, 0) is 17.7 Å². The van der Waals surface area contributed by atoms with Crippen LogP contribution in [0.1, 0.15) is 0 Å². The summed E-state index contributed by atoms with van der Waals surface area (Å²) in [7, 11) is 1.36. The summed E-state index contributed by atoms with van der Waals surface area (Å²) >= 11 is 5.87. The zero-order valence-electron chi connectivity index (χ0n) is 8.42. The van der Waals surface area contributed by atoms with Gasteiger partial charge < -0.3 is 10.5 Å². The average Bonchev–Trinajstić information content (AvgIpc) is 2.64. The number of hydrogen-bond donors (Lipinski definition) is 2. The maximum absolute atomic E-state index is 13.6. The van der Waals surface area contributed by atoms with E-state index in [0.717, 1.165) is 0 Å². The number of methoxy groups -OCH3 is 1. The Morgan fingerprint density at radius 3 is 2.75 bits per heavy atom. The third-order valence-corrected chi connectivity index (χ3v) is 2.46. The zero-order valence-corrected chi connectivity index (χ0v) is 9.18. The molecule has 0 saturated carbocycles. The third-order valence-electron chi connectivity index (χ3n) is 2.18. The minimum atomic E-state index is -0.536. The van der Waals surface area contributed by atoms with E-state index in [9.17, 15) is 4.39 Å². The molecular weight excluding hydrogens is 233 g/mol. The maximum atomic E-state index is 13.6. The van der Waals surface area contributed by atoms with Crippen LogP contribution < -0.4 is 10.5 Å². The van der Waals surface area contributed by atoms with Crippen LogP contribution in [-0.2, 0) is 0 Å². The molecule has 0 unspecified atom stereocenters. The Morgan fingerprint density at radius 2 is 2.25 bits per heavy atom. The Morgan fingerprint density at radius 1 is 1.50 bits per heavy atom. The van der Waals surface area contributed by atoms with Crippen molar-refractivity contribution in [1.29, 1.82) is 0 Å². The monoisotopic (exact) mass is 241 g/mol. The number of nitrogen functional groups attached to an aromatic ring is 1. The van der Waals surface area contributed by atoms with Gasteiger partial charge in [0.05, 0.1) is 18.3 Å². The maximum Gasteiger partial charge on any atom is 0.173 e. The molecule has 0 aliphatic rings. The summed E-state index contributed by atoms with van der Waals surface area (Å²) in [4.78, 5) is 0. The molecule has 2 aromatic rings. The number of aromatic amines is 1. The predicted molar refractivity (Wildman–Crippen MR) is 60.0 cm³/mol. The highest BCUT2D eigenvalue weighted by Crippen LogP contribution is 2.34. The first kappa shape index (κ1) is 10.8. The van der Waals surface area contributed by atoms with E-state index < -0.39 is 5.82 Å². The molecule has 2 rings (SSSR count). The Hall–Kier alpha value is -1.75. The lowest BCUT2D eigenvalue weighted by molar-refractivity contribution is 0.387. The second-order valence-corrected chi connectivity index (χ2v) is 3.58. The first-order chi connectivity index (χ1) is 7.63. The van der Waals surface area contributed by atoms with E-state index in [1.165, 1.54) is 19.4 Å². The molecule has 1 aromatic heterocycles. The smallest absolute Gasteiger partial charge is 0.173 e. The Labute approximate surface area is 96.2 Å². The molecule has 84 valence electrons. The summed E-state index contributed by atoms with van der Waals surface area (Å²) in [5.41, 5.74) is 6.78. The summed E-state index contributed by atoms with van der Waals surface area (Å²) in [6, 6.07) is 2.87. The molecule has 6 heteroatoms. The van der Waals surface area contributed by atoms with Gasteiger partial charge in [0.2, 0.25) is 0 Å². The Bertz CT molecular complexity index is 504. The number of halogens is 2. The van der Waals surface area contributed by atoms with Crippen LogP contribution >= 0.6 is 11.6 Å². The van der Waals surface area contributed by atoms with Gasteiger partial charge in [-0.25, -0.2) is 4.39 Å².